The Morgan fingerprint density at radius 1 is 1.40 bits per heavy atom. The topological polar surface area (TPSA) is 82.6 Å². The Kier molecular flexibility index (Phi) is 2.86. The predicted molar refractivity (Wildman–Crippen MR) is 55.9 cm³/mol. The fourth-order valence-corrected chi connectivity index (χ4v) is 1.79. The number of aliphatic hydroxyl groups excluding tert-OH is 2. The zero-order valence-corrected chi connectivity index (χ0v) is 8.37. The van der Waals surface area contributed by atoms with Gasteiger partial charge in [0.2, 0.25) is 0 Å². The number of hydrogen-bond acceptors (Lipinski definition) is 5. The largest absolute Gasteiger partial charge is 0.399 e. The van der Waals surface area contributed by atoms with Crippen LogP contribution < -0.4 is 5.73 Å². The molecule has 0 aliphatic carbocycles. The van der Waals surface area contributed by atoms with Crippen LogP contribution in [-0.2, 0) is 6.54 Å². The van der Waals surface area contributed by atoms with Gasteiger partial charge < -0.3 is 15.9 Å². The molecule has 1 fully saturated rings. The van der Waals surface area contributed by atoms with Gasteiger partial charge in [-0.15, -0.1) is 0 Å². The molecule has 1 saturated heterocycles. The molecule has 2 rings (SSSR count). The molecule has 1 aliphatic rings. The van der Waals surface area contributed by atoms with E-state index in [9.17, 15) is 10.2 Å². The van der Waals surface area contributed by atoms with Crippen LogP contribution in [0, 0.1) is 0 Å². The normalized spacial score (nSPS) is 27.1. The minimum Gasteiger partial charge on any atom is -0.399 e. The molecular weight excluding hydrogens is 194 g/mol. The highest BCUT2D eigenvalue weighted by atomic mass is 16.3. The van der Waals surface area contributed by atoms with E-state index in [4.69, 9.17) is 5.73 Å². The Morgan fingerprint density at radius 3 is 2.67 bits per heavy atom. The number of nitrogens with two attached hydrogens (primary N) is 1. The van der Waals surface area contributed by atoms with Crippen molar-refractivity contribution < 1.29 is 10.2 Å². The molecule has 4 N–H and O–H groups in total. The lowest BCUT2D eigenvalue weighted by atomic mass is 10.3. The molecule has 1 aromatic heterocycles. The van der Waals surface area contributed by atoms with Gasteiger partial charge in [0, 0.05) is 31.5 Å². The van der Waals surface area contributed by atoms with Crippen LogP contribution in [0.5, 0.6) is 0 Å². The smallest absolute Gasteiger partial charge is 0.0938 e. The van der Waals surface area contributed by atoms with Crippen LogP contribution in [0.4, 0.5) is 5.69 Å². The summed E-state index contributed by atoms with van der Waals surface area (Å²) in [6, 6.07) is 3.54. The molecule has 15 heavy (non-hydrogen) atoms. The molecule has 5 nitrogen and oxygen atoms in total. The third-order valence-corrected chi connectivity index (χ3v) is 2.56. The number of nitrogen functional groups attached to an aromatic ring is 1. The van der Waals surface area contributed by atoms with Crippen molar-refractivity contribution in [3.63, 3.8) is 0 Å². The van der Waals surface area contributed by atoms with E-state index in [0.717, 1.165) is 5.69 Å². The summed E-state index contributed by atoms with van der Waals surface area (Å²) in [5.74, 6) is 0. The summed E-state index contributed by atoms with van der Waals surface area (Å²) in [4.78, 5) is 6.12. The van der Waals surface area contributed by atoms with Crippen LogP contribution >= 0.6 is 0 Å². The molecule has 2 atom stereocenters. The van der Waals surface area contributed by atoms with E-state index in [1.165, 1.54) is 0 Å². The Morgan fingerprint density at radius 2 is 2.07 bits per heavy atom. The van der Waals surface area contributed by atoms with Crippen molar-refractivity contribution >= 4 is 5.69 Å². The summed E-state index contributed by atoms with van der Waals surface area (Å²) in [5, 5.41) is 18.7. The first-order chi connectivity index (χ1) is 7.15. The molecule has 0 spiro atoms. The standard InChI is InChI=1S/C10H15N3O2/c11-7-1-2-12-8(3-7)4-13-5-9(14)10(15)6-13/h1-3,9-10,14-15H,4-6H2,(H2,11,12). The van der Waals surface area contributed by atoms with Crippen LogP contribution in [0.3, 0.4) is 0 Å². The van der Waals surface area contributed by atoms with Gasteiger partial charge in [-0.2, -0.15) is 0 Å². The van der Waals surface area contributed by atoms with Gasteiger partial charge in [-0.3, -0.25) is 9.88 Å². The molecule has 0 bridgehead atoms. The van der Waals surface area contributed by atoms with Crippen LogP contribution in [0.2, 0.25) is 0 Å². The molecule has 82 valence electrons. The van der Waals surface area contributed by atoms with E-state index in [0.29, 0.717) is 25.3 Å². The van der Waals surface area contributed by atoms with E-state index in [-0.39, 0.29) is 0 Å². The molecule has 1 aliphatic heterocycles. The number of pyridine rings is 1. The van der Waals surface area contributed by atoms with Crippen molar-refractivity contribution in [2.45, 2.75) is 18.8 Å². The SMILES string of the molecule is Nc1ccnc(CN2CC(O)C(O)C2)c1. The molecular formula is C10H15N3O2. The number of aliphatic hydroxyl groups is 2. The van der Waals surface area contributed by atoms with Gasteiger partial charge in [-0.05, 0) is 12.1 Å². The number of likely N-dealkylation sites (tertiary alicyclic amines) is 1. The fraction of sp³-hybridized carbons (Fsp3) is 0.500. The molecule has 0 aromatic carbocycles. The maximum atomic E-state index is 9.36. The third kappa shape index (κ3) is 2.44. The number of anilines is 1. The Labute approximate surface area is 88.2 Å². The molecule has 0 saturated carbocycles. The quantitative estimate of drug-likeness (QED) is 0.594. The predicted octanol–water partition coefficient (Wildman–Crippen LogP) is -0.799. The lowest BCUT2D eigenvalue weighted by Crippen LogP contribution is -2.22. The van der Waals surface area contributed by atoms with Crippen molar-refractivity contribution in [2.75, 3.05) is 18.8 Å². The summed E-state index contributed by atoms with van der Waals surface area (Å²) < 4.78 is 0. The molecule has 0 amide bonds. The van der Waals surface area contributed by atoms with E-state index in [2.05, 4.69) is 4.98 Å². The number of hydrogen-bond donors (Lipinski definition) is 3. The minimum absolute atomic E-state index is 0.484. The molecule has 5 heteroatoms. The van der Waals surface area contributed by atoms with E-state index < -0.39 is 12.2 Å². The van der Waals surface area contributed by atoms with Gasteiger partial charge in [0.1, 0.15) is 0 Å². The van der Waals surface area contributed by atoms with Crippen molar-refractivity contribution in [1.29, 1.82) is 0 Å². The van der Waals surface area contributed by atoms with Crippen LogP contribution in [-0.4, -0.2) is 45.4 Å². The lowest BCUT2D eigenvalue weighted by Gasteiger charge is -2.13. The monoisotopic (exact) mass is 209 g/mol. The fourth-order valence-electron chi connectivity index (χ4n) is 1.79. The second-order valence-electron chi connectivity index (χ2n) is 3.91. The molecule has 0 radical (unpaired) electrons. The maximum absolute atomic E-state index is 9.36. The highest BCUT2D eigenvalue weighted by Gasteiger charge is 2.29. The zero-order valence-electron chi connectivity index (χ0n) is 8.37. The average Bonchev–Trinajstić information content (AvgIpc) is 2.45. The van der Waals surface area contributed by atoms with Crippen LogP contribution in [0.15, 0.2) is 18.3 Å². The summed E-state index contributed by atoms with van der Waals surface area (Å²) in [5.41, 5.74) is 7.17. The van der Waals surface area contributed by atoms with E-state index >= 15 is 0 Å². The van der Waals surface area contributed by atoms with Crippen molar-refractivity contribution in [1.82, 2.24) is 9.88 Å². The van der Waals surface area contributed by atoms with Crippen molar-refractivity contribution in [2.24, 2.45) is 0 Å². The van der Waals surface area contributed by atoms with Gasteiger partial charge in [0.05, 0.1) is 17.9 Å². The first-order valence-corrected chi connectivity index (χ1v) is 4.94. The Balaban J connectivity index is 1.98. The van der Waals surface area contributed by atoms with E-state index in [1.54, 1.807) is 18.3 Å². The van der Waals surface area contributed by atoms with Crippen molar-refractivity contribution in [3.8, 4) is 0 Å². The second kappa shape index (κ2) is 4.14. The zero-order chi connectivity index (χ0) is 10.8. The summed E-state index contributed by atoms with van der Waals surface area (Å²) in [7, 11) is 0. The lowest BCUT2D eigenvalue weighted by molar-refractivity contribution is 0.0572. The third-order valence-electron chi connectivity index (χ3n) is 2.56. The second-order valence-corrected chi connectivity index (χ2v) is 3.91. The molecule has 2 unspecified atom stereocenters. The number of rotatable bonds is 2. The first-order valence-electron chi connectivity index (χ1n) is 4.94. The summed E-state index contributed by atoms with van der Waals surface area (Å²) in [6.07, 6.45) is 0.366. The van der Waals surface area contributed by atoms with Crippen LogP contribution in [0.1, 0.15) is 5.69 Å². The van der Waals surface area contributed by atoms with Gasteiger partial charge in [0.15, 0.2) is 0 Å². The van der Waals surface area contributed by atoms with Gasteiger partial charge >= 0.3 is 0 Å². The Hall–Kier alpha value is -1.17. The Bertz CT molecular complexity index is 335. The maximum Gasteiger partial charge on any atom is 0.0938 e. The number of β-amino-alcohol motifs (C(OH)–C–C–N with tert-alkyl or cyclic N) is 2. The average molecular weight is 209 g/mol. The van der Waals surface area contributed by atoms with Crippen LogP contribution in [0.25, 0.3) is 0 Å². The minimum atomic E-state index is -0.647. The number of nitrogens with zero attached hydrogens (tertiary/aromatic N) is 2. The highest BCUT2D eigenvalue weighted by Crippen LogP contribution is 2.13. The highest BCUT2D eigenvalue weighted by molar-refractivity contribution is 5.37. The van der Waals surface area contributed by atoms with Gasteiger partial charge in [-0.1, -0.05) is 0 Å². The summed E-state index contributed by atoms with van der Waals surface area (Å²) >= 11 is 0. The summed E-state index contributed by atoms with van der Waals surface area (Å²) in [6.45, 7) is 1.58. The number of aromatic nitrogens is 1. The van der Waals surface area contributed by atoms with Crippen molar-refractivity contribution in [3.05, 3.63) is 24.0 Å². The molecule has 2 heterocycles. The van der Waals surface area contributed by atoms with E-state index in [1.807, 2.05) is 4.90 Å². The molecule has 1 aromatic rings. The van der Waals surface area contributed by atoms with Gasteiger partial charge in [0.25, 0.3) is 0 Å². The first kappa shape index (κ1) is 10.4. The van der Waals surface area contributed by atoms with Gasteiger partial charge in [-0.25, -0.2) is 0 Å².